The van der Waals surface area contributed by atoms with Gasteiger partial charge in [-0.05, 0) is 106 Å². The van der Waals surface area contributed by atoms with Crippen LogP contribution in [0.2, 0.25) is 0 Å². The summed E-state index contributed by atoms with van der Waals surface area (Å²) >= 11 is 0. The second-order valence-corrected chi connectivity index (χ2v) is 12.8. The predicted molar refractivity (Wildman–Crippen MR) is 124 cm³/mol. The molecule has 2 unspecified atom stereocenters. The molecule has 4 aliphatic rings. The lowest BCUT2D eigenvalue weighted by Crippen LogP contribution is -2.59. The van der Waals surface area contributed by atoms with Crippen molar-refractivity contribution in [1.82, 2.24) is 0 Å². The first-order chi connectivity index (χ1) is 14.7. The molecule has 0 aromatic carbocycles. The Morgan fingerprint density at radius 2 is 1.81 bits per heavy atom. The summed E-state index contributed by atoms with van der Waals surface area (Å²) in [4.78, 5) is 13.2. The van der Waals surface area contributed by atoms with Crippen molar-refractivity contribution in [1.29, 1.82) is 0 Å². The maximum atomic E-state index is 13.2. The van der Waals surface area contributed by atoms with E-state index < -0.39 is 23.4 Å². The van der Waals surface area contributed by atoms with Crippen molar-refractivity contribution in [2.24, 2.45) is 34.5 Å². The van der Waals surface area contributed by atoms with Crippen LogP contribution in [0.4, 0.5) is 0 Å². The molecule has 3 fully saturated rings. The zero-order chi connectivity index (χ0) is 23.7. The molecule has 0 aliphatic heterocycles. The second kappa shape index (κ2) is 7.90. The van der Waals surface area contributed by atoms with Gasteiger partial charge in [-0.25, -0.2) is 0 Å². The van der Waals surface area contributed by atoms with Crippen LogP contribution in [-0.2, 0) is 4.79 Å². The number of carbonyl (C=O) groups is 1. The van der Waals surface area contributed by atoms with Gasteiger partial charge in [0.05, 0.1) is 23.4 Å². The molecule has 4 aliphatic carbocycles. The maximum Gasteiger partial charge on any atom is 0.159 e. The summed E-state index contributed by atoms with van der Waals surface area (Å²) in [6.45, 7) is 10.0. The molecule has 0 amide bonds. The number of carbonyl (C=O) groups excluding carboxylic acids is 1. The molecule has 9 atom stereocenters. The van der Waals surface area contributed by atoms with Gasteiger partial charge < -0.3 is 20.4 Å². The largest absolute Gasteiger partial charge is 0.393 e. The minimum absolute atomic E-state index is 0.0148. The number of hydrogen-bond donors (Lipinski definition) is 4. The summed E-state index contributed by atoms with van der Waals surface area (Å²) in [6.07, 6.45) is 7.33. The van der Waals surface area contributed by atoms with Crippen molar-refractivity contribution in [2.75, 3.05) is 0 Å². The number of fused-ring (bicyclic) bond motifs is 5. The lowest BCUT2D eigenvalue weighted by Gasteiger charge is -2.59. The fourth-order valence-electron chi connectivity index (χ4n) is 8.23. The molecule has 3 saturated carbocycles. The van der Waals surface area contributed by atoms with Gasteiger partial charge in [-0.3, -0.25) is 4.79 Å². The van der Waals surface area contributed by atoms with E-state index in [1.165, 1.54) is 0 Å². The Balaban J connectivity index is 1.61. The van der Waals surface area contributed by atoms with Gasteiger partial charge in [0.15, 0.2) is 5.78 Å². The molecular formula is C27H44O5. The highest BCUT2D eigenvalue weighted by Gasteiger charge is 2.66. The Labute approximate surface area is 193 Å². The first-order valence-corrected chi connectivity index (χ1v) is 12.8. The minimum Gasteiger partial charge on any atom is -0.393 e. The third-order valence-electron chi connectivity index (χ3n) is 10.4. The number of ketones is 1. The summed E-state index contributed by atoms with van der Waals surface area (Å²) in [5, 5.41) is 43.4. The van der Waals surface area contributed by atoms with Gasteiger partial charge in [0.25, 0.3) is 0 Å². The molecular weight excluding hydrogens is 404 g/mol. The highest BCUT2D eigenvalue weighted by atomic mass is 16.3. The van der Waals surface area contributed by atoms with Crippen molar-refractivity contribution in [2.45, 2.75) is 116 Å². The van der Waals surface area contributed by atoms with Gasteiger partial charge in [-0.15, -0.1) is 0 Å². The Morgan fingerprint density at radius 1 is 1.12 bits per heavy atom. The van der Waals surface area contributed by atoms with Crippen molar-refractivity contribution in [3.05, 3.63) is 11.6 Å². The molecule has 0 saturated heterocycles. The van der Waals surface area contributed by atoms with E-state index in [1.807, 2.05) is 0 Å². The summed E-state index contributed by atoms with van der Waals surface area (Å²) in [5.41, 5.74) is -1.43. The lowest BCUT2D eigenvalue weighted by atomic mass is 9.46. The molecule has 0 bridgehead atoms. The van der Waals surface area contributed by atoms with Gasteiger partial charge in [-0.1, -0.05) is 20.8 Å². The lowest BCUT2D eigenvalue weighted by molar-refractivity contribution is -0.142. The van der Waals surface area contributed by atoms with Gasteiger partial charge in [-0.2, -0.15) is 0 Å². The molecule has 0 aromatic rings. The highest BCUT2D eigenvalue weighted by molar-refractivity contribution is 5.95. The van der Waals surface area contributed by atoms with E-state index >= 15 is 0 Å². The monoisotopic (exact) mass is 448 g/mol. The van der Waals surface area contributed by atoms with Crippen LogP contribution in [0, 0.1) is 34.5 Å². The van der Waals surface area contributed by atoms with E-state index in [0.29, 0.717) is 25.7 Å². The van der Waals surface area contributed by atoms with E-state index in [9.17, 15) is 25.2 Å². The van der Waals surface area contributed by atoms with E-state index in [2.05, 4.69) is 20.8 Å². The summed E-state index contributed by atoms with van der Waals surface area (Å²) in [5.74, 6) is 0.301. The SMILES string of the molecule is CC(C(O)CCC(C)(C)O)[C@H]1CC[C@@]2(O)C3=CC(=O)[C@@H]4C[C@@H](O)CC[C@]4(C)[C@H]3CC[C@]12C. The van der Waals surface area contributed by atoms with Crippen molar-refractivity contribution in [3.8, 4) is 0 Å². The van der Waals surface area contributed by atoms with Crippen molar-refractivity contribution < 1.29 is 25.2 Å². The number of hydrogen-bond acceptors (Lipinski definition) is 5. The Bertz CT molecular complexity index is 783. The summed E-state index contributed by atoms with van der Waals surface area (Å²) in [6, 6.07) is 0. The Kier molecular flexibility index (Phi) is 6.02. The fourth-order valence-corrected chi connectivity index (χ4v) is 8.23. The van der Waals surface area contributed by atoms with E-state index in [1.54, 1.807) is 19.9 Å². The molecule has 4 N–H and O–H groups in total. The fraction of sp³-hybridized carbons (Fsp3) is 0.889. The quantitative estimate of drug-likeness (QED) is 0.513. The molecule has 182 valence electrons. The van der Waals surface area contributed by atoms with Crippen LogP contribution in [0.25, 0.3) is 0 Å². The normalized spacial score (nSPS) is 46.0. The Morgan fingerprint density at radius 3 is 2.47 bits per heavy atom. The number of rotatable bonds is 5. The van der Waals surface area contributed by atoms with E-state index in [0.717, 1.165) is 37.7 Å². The van der Waals surface area contributed by atoms with Crippen LogP contribution in [0.15, 0.2) is 11.6 Å². The van der Waals surface area contributed by atoms with Crippen molar-refractivity contribution in [3.63, 3.8) is 0 Å². The standard InChI is InChI=1S/C27H44O5/c1-16(22(29)9-10-24(2,3)31)18-8-13-27(32)20-15-23(30)21-14-17(28)6-11-25(21,4)19(20)7-12-26(18,27)5/h15-19,21-22,28-29,31-32H,6-14H2,1-5H3/t16?,17-,18+,19-,21-,22?,25+,26+,27+/m0/s1. The van der Waals surface area contributed by atoms with Crippen molar-refractivity contribution >= 4 is 5.78 Å². The van der Waals surface area contributed by atoms with Crippen LogP contribution < -0.4 is 0 Å². The van der Waals surface area contributed by atoms with E-state index in [-0.39, 0.29) is 40.3 Å². The third kappa shape index (κ3) is 3.62. The maximum absolute atomic E-state index is 13.2. The topological polar surface area (TPSA) is 98.0 Å². The van der Waals surface area contributed by atoms with Gasteiger partial charge in [0.1, 0.15) is 0 Å². The van der Waals surface area contributed by atoms with E-state index in [4.69, 9.17) is 0 Å². The first-order valence-electron chi connectivity index (χ1n) is 12.8. The predicted octanol–water partition coefficient (Wildman–Crippen LogP) is 3.77. The second-order valence-electron chi connectivity index (χ2n) is 12.8. The molecule has 32 heavy (non-hydrogen) atoms. The smallest absolute Gasteiger partial charge is 0.159 e. The first kappa shape index (κ1) is 24.4. The Hall–Kier alpha value is -0.750. The van der Waals surface area contributed by atoms with Crippen LogP contribution in [0.3, 0.4) is 0 Å². The molecule has 5 heteroatoms. The average molecular weight is 449 g/mol. The average Bonchev–Trinajstić information content (AvgIpc) is 2.98. The van der Waals surface area contributed by atoms with Gasteiger partial charge in [0.2, 0.25) is 0 Å². The molecule has 0 heterocycles. The molecule has 0 aromatic heterocycles. The van der Waals surface area contributed by atoms with Crippen LogP contribution in [0.5, 0.6) is 0 Å². The molecule has 0 radical (unpaired) electrons. The molecule has 4 rings (SSSR count). The number of aliphatic hydroxyl groups is 4. The van der Waals surface area contributed by atoms with Crippen LogP contribution >= 0.6 is 0 Å². The molecule has 0 spiro atoms. The van der Waals surface area contributed by atoms with Crippen LogP contribution in [0.1, 0.15) is 92.4 Å². The molecule has 5 nitrogen and oxygen atoms in total. The highest BCUT2D eigenvalue weighted by Crippen LogP contribution is 2.68. The van der Waals surface area contributed by atoms with Gasteiger partial charge >= 0.3 is 0 Å². The zero-order valence-corrected chi connectivity index (χ0v) is 20.6. The summed E-state index contributed by atoms with van der Waals surface area (Å²) in [7, 11) is 0. The minimum atomic E-state index is -1.01. The summed E-state index contributed by atoms with van der Waals surface area (Å²) < 4.78 is 0. The number of aliphatic hydroxyl groups excluding tert-OH is 2. The van der Waals surface area contributed by atoms with Crippen LogP contribution in [-0.4, -0.2) is 49.6 Å². The number of allylic oxidation sites excluding steroid dienone is 1. The zero-order valence-electron chi connectivity index (χ0n) is 20.6. The third-order valence-corrected chi connectivity index (χ3v) is 10.4. The van der Waals surface area contributed by atoms with Gasteiger partial charge in [0, 0.05) is 11.3 Å².